The largest absolute Gasteiger partial charge is 0.508 e. The summed E-state index contributed by atoms with van der Waals surface area (Å²) in [4.78, 5) is 2.01. The van der Waals surface area contributed by atoms with Crippen LogP contribution in [0.2, 0.25) is 0 Å². The zero-order valence-electron chi connectivity index (χ0n) is 10.9. The van der Waals surface area contributed by atoms with Crippen LogP contribution >= 0.6 is 0 Å². The third-order valence-corrected chi connectivity index (χ3v) is 2.65. The molecule has 2 aromatic carbocycles. The molecule has 0 aliphatic carbocycles. The zero-order valence-corrected chi connectivity index (χ0v) is 10.9. The van der Waals surface area contributed by atoms with Crippen molar-refractivity contribution >= 4 is 22.7 Å². The predicted molar refractivity (Wildman–Crippen MR) is 77.5 cm³/mol. The fourth-order valence-corrected chi connectivity index (χ4v) is 1.55. The summed E-state index contributed by atoms with van der Waals surface area (Å²) in [5.74, 6) is 0.117. The van der Waals surface area contributed by atoms with Crippen molar-refractivity contribution in [3.8, 4) is 5.75 Å². The Labute approximate surface area is 112 Å². The number of nitrogens with two attached hydrogens (primary N) is 1. The van der Waals surface area contributed by atoms with Gasteiger partial charge in [-0.05, 0) is 36.4 Å². The Hall–Kier alpha value is -2.56. The summed E-state index contributed by atoms with van der Waals surface area (Å²) in [7, 11) is 3.95. The Kier molecular flexibility index (Phi) is 3.66. The first-order chi connectivity index (χ1) is 9.06. The number of hydrogen-bond donors (Lipinski definition) is 2. The molecule has 0 atom stereocenters. The highest BCUT2D eigenvalue weighted by Crippen LogP contribution is 2.28. The lowest BCUT2D eigenvalue weighted by Crippen LogP contribution is -2.07. The van der Waals surface area contributed by atoms with E-state index in [4.69, 9.17) is 5.73 Å². The summed E-state index contributed by atoms with van der Waals surface area (Å²) in [5, 5.41) is 17.5. The fraction of sp³-hybridized carbons (Fsp3) is 0.143. The molecule has 0 spiro atoms. The second-order valence-electron chi connectivity index (χ2n) is 4.35. The van der Waals surface area contributed by atoms with E-state index in [1.54, 1.807) is 6.07 Å². The van der Waals surface area contributed by atoms with Crippen molar-refractivity contribution in [3.63, 3.8) is 0 Å². The van der Waals surface area contributed by atoms with Crippen LogP contribution in [-0.4, -0.2) is 19.2 Å². The molecule has 0 fully saturated rings. The normalized spacial score (nSPS) is 10.8. The average Bonchev–Trinajstić information content (AvgIpc) is 2.40. The maximum Gasteiger partial charge on any atom is 0.117 e. The van der Waals surface area contributed by atoms with Gasteiger partial charge in [0.2, 0.25) is 0 Å². The number of phenols is 1. The molecule has 19 heavy (non-hydrogen) atoms. The molecular formula is C14H16N4O. The monoisotopic (exact) mass is 256 g/mol. The van der Waals surface area contributed by atoms with E-state index in [9.17, 15) is 5.11 Å². The van der Waals surface area contributed by atoms with Crippen LogP contribution in [0.4, 0.5) is 22.7 Å². The zero-order chi connectivity index (χ0) is 13.8. The van der Waals surface area contributed by atoms with Crippen molar-refractivity contribution in [1.29, 1.82) is 0 Å². The summed E-state index contributed by atoms with van der Waals surface area (Å²) in [5.41, 5.74) is 8.50. The van der Waals surface area contributed by atoms with Crippen molar-refractivity contribution in [2.24, 2.45) is 10.2 Å². The van der Waals surface area contributed by atoms with Gasteiger partial charge >= 0.3 is 0 Å². The number of azo groups is 1. The first-order valence-corrected chi connectivity index (χ1v) is 5.84. The van der Waals surface area contributed by atoms with Gasteiger partial charge in [-0.15, -0.1) is 5.11 Å². The molecule has 3 N–H and O–H groups in total. The molecular weight excluding hydrogens is 240 g/mol. The molecule has 0 aromatic heterocycles. The van der Waals surface area contributed by atoms with Crippen molar-refractivity contribution in [1.82, 2.24) is 0 Å². The van der Waals surface area contributed by atoms with Gasteiger partial charge in [0.25, 0.3) is 0 Å². The summed E-state index contributed by atoms with van der Waals surface area (Å²) in [6.45, 7) is 0. The molecule has 5 heteroatoms. The van der Waals surface area contributed by atoms with E-state index in [2.05, 4.69) is 10.2 Å². The minimum Gasteiger partial charge on any atom is -0.508 e. The molecule has 0 unspecified atom stereocenters. The molecule has 0 saturated heterocycles. The maximum absolute atomic E-state index is 9.37. The van der Waals surface area contributed by atoms with Gasteiger partial charge in [-0.25, -0.2) is 0 Å². The van der Waals surface area contributed by atoms with E-state index in [1.807, 2.05) is 43.3 Å². The molecule has 5 nitrogen and oxygen atoms in total. The van der Waals surface area contributed by atoms with Gasteiger partial charge in [-0.2, -0.15) is 5.11 Å². The molecule has 0 aliphatic rings. The molecule has 0 heterocycles. The van der Waals surface area contributed by atoms with Crippen molar-refractivity contribution in [2.75, 3.05) is 24.7 Å². The van der Waals surface area contributed by atoms with Crippen LogP contribution in [0.1, 0.15) is 0 Å². The van der Waals surface area contributed by atoms with Gasteiger partial charge in [-0.3, -0.25) is 0 Å². The summed E-state index contributed by atoms with van der Waals surface area (Å²) in [6.07, 6.45) is 0. The quantitative estimate of drug-likeness (QED) is 0.501. The first-order valence-electron chi connectivity index (χ1n) is 5.84. The van der Waals surface area contributed by atoms with Crippen molar-refractivity contribution in [2.45, 2.75) is 0 Å². The second kappa shape index (κ2) is 5.39. The lowest BCUT2D eigenvalue weighted by molar-refractivity contribution is 0.475. The summed E-state index contributed by atoms with van der Waals surface area (Å²) in [6, 6.07) is 12.3. The highest BCUT2D eigenvalue weighted by molar-refractivity contribution is 5.64. The van der Waals surface area contributed by atoms with Gasteiger partial charge in [0, 0.05) is 25.8 Å². The van der Waals surface area contributed by atoms with Crippen molar-refractivity contribution < 1.29 is 5.11 Å². The Morgan fingerprint density at radius 3 is 2.32 bits per heavy atom. The van der Waals surface area contributed by atoms with Crippen LogP contribution in [0, 0.1) is 0 Å². The number of benzene rings is 2. The number of nitrogens with zero attached hydrogens (tertiary/aromatic N) is 3. The second-order valence-corrected chi connectivity index (χ2v) is 4.35. The first kappa shape index (κ1) is 12.9. The topological polar surface area (TPSA) is 74.2 Å². The smallest absolute Gasteiger partial charge is 0.117 e. The van der Waals surface area contributed by atoms with Gasteiger partial charge in [0.05, 0.1) is 11.4 Å². The van der Waals surface area contributed by atoms with Gasteiger partial charge in [0.15, 0.2) is 0 Å². The molecule has 0 bridgehead atoms. The van der Waals surface area contributed by atoms with Crippen molar-refractivity contribution in [3.05, 3.63) is 42.5 Å². The number of anilines is 2. The van der Waals surface area contributed by atoms with E-state index >= 15 is 0 Å². The minimum atomic E-state index is 0.117. The molecule has 0 amide bonds. The highest BCUT2D eigenvalue weighted by Gasteiger charge is 1.99. The Morgan fingerprint density at radius 2 is 1.68 bits per heavy atom. The Morgan fingerprint density at radius 1 is 1.00 bits per heavy atom. The van der Waals surface area contributed by atoms with Crippen LogP contribution in [0.15, 0.2) is 52.7 Å². The molecule has 0 saturated carbocycles. The third kappa shape index (κ3) is 3.22. The van der Waals surface area contributed by atoms with Gasteiger partial charge < -0.3 is 15.7 Å². The number of nitrogen functional groups attached to an aromatic ring is 1. The highest BCUT2D eigenvalue weighted by atomic mass is 16.3. The van der Waals surface area contributed by atoms with Crippen LogP contribution in [0.3, 0.4) is 0 Å². The number of rotatable bonds is 3. The van der Waals surface area contributed by atoms with E-state index in [1.165, 1.54) is 12.1 Å². The van der Waals surface area contributed by atoms with Gasteiger partial charge in [0.1, 0.15) is 11.4 Å². The molecule has 2 aromatic rings. The van der Waals surface area contributed by atoms with E-state index in [0.29, 0.717) is 11.4 Å². The molecule has 98 valence electrons. The number of hydrogen-bond acceptors (Lipinski definition) is 5. The van der Waals surface area contributed by atoms with Crippen LogP contribution in [0.25, 0.3) is 0 Å². The fourth-order valence-electron chi connectivity index (χ4n) is 1.55. The average molecular weight is 256 g/mol. The third-order valence-electron chi connectivity index (χ3n) is 2.65. The Bertz CT molecular complexity index is 591. The van der Waals surface area contributed by atoms with Crippen LogP contribution in [-0.2, 0) is 0 Å². The maximum atomic E-state index is 9.37. The Balaban J connectivity index is 2.20. The predicted octanol–water partition coefficient (Wildman–Crippen LogP) is 3.46. The molecule has 0 aliphatic heterocycles. The molecule has 0 radical (unpaired) electrons. The van der Waals surface area contributed by atoms with E-state index < -0.39 is 0 Å². The lowest BCUT2D eigenvalue weighted by Gasteiger charge is -2.11. The summed E-state index contributed by atoms with van der Waals surface area (Å²) >= 11 is 0. The van der Waals surface area contributed by atoms with E-state index in [-0.39, 0.29) is 5.75 Å². The van der Waals surface area contributed by atoms with Gasteiger partial charge in [-0.1, -0.05) is 0 Å². The number of aromatic hydroxyl groups is 1. The number of phenolic OH excluding ortho intramolecular Hbond substituents is 1. The molecule has 2 rings (SSSR count). The van der Waals surface area contributed by atoms with Crippen LogP contribution < -0.4 is 10.6 Å². The van der Waals surface area contributed by atoms with E-state index in [0.717, 1.165) is 11.4 Å². The lowest BCUT2D eigenvalue weighted by atomic mass is 10.2. The van der Waals surface area contributed by atoms with Crippen LogP contribution in [0.5, 0.6) is 5.75 Å². The SMILES string of the molecule is CN(C)c1ccc(N=Nc2cc(O)ccc2N)cc1. The standard InChI is InChI=1S/C14H16N4O/c1-18(2)11-5-3-10(4-6-11)16-17-14-9-12(19)7-8-13(14)15/h3-9,19H,15H2,1-2H3. The summed E-state index contributed by atoms with van der Waals surface area (Å²) < 4.78 is 0. The minimum absolute atomic E-state index is 0.117.